The first-order valence-electron chi connectivity index (χ1n) is 9.23. The molecule has 1 amide bonds. The van der Waals surface area contributed by atoms with Crippen LogP contribution in [0.1, 0.15) is 79.6 Å². The molecule has 1 N–H and O–H groups in total. The van der Waals surface area contributed by atoms with Crippen LogP contribution in [-0.4, -0.2) is 12.5 Å². The van der Waals surface area contributed by atoms with E-state index in [-0.39, 0.29) is 5.92 Å². The Kier molecular flexibility index (Phi) is 8.36. The highest BCUT2D eigenvalue weighted by molar-refractivity contribution is 5.78. The van der Waals surface area contributed by atoms with Gasteiger partial charge in [-0.05, 0) is 49.4 Å². The lowest BCUT2D eigenvalue weighted by molar-refractivity contribution is -0.126. The third-order valence-electron chi connectivity index (χ3n) is 5.41. The van der Waals surface area contributed by atoms with Crippen molar-refractivity contribution in [3.8, 4) is 0 Å². The lowest BCUT2D eigenvalue weighted by Crippen LogP contribution is -2.38. The summed E-state index contributed by atoms with van der Waals surface area (Å²) < 4.78 is 0. The van der Waals surface area contributed by atoms with Gasteiger partial charge in [-0.2, -0.15) is 0 Å². The van der Waals surface area contributed by atoms with E-state index < -0.39 is 0 Å². The van der Waals surface area contributed by atoms with E-state index in [0.29, 0.717) is 23.7 Å². The lowest BCUT2D eigenvalue weighted by atomic mass is 9.79. The predicted octanol–water partition coefficient (Wildman–Crippen LogP) is 5.03. The highest BCUT2D eigenvalue weighted by Gasteiger charge is 2.27. The zero-order valence-electron chi connectivity index (χ0n) is 15.0. The maximum Gasteiger partial charge on any atom is 0.223 e. The fourth-order valence-electron chi connectivity index (χ4n) is 3.81. The van der Waals surface area contributed by atoms with Crippen molar-refractivity contribution < 1.29 is 4.79 Å². The molecule has 0 aromatic heterocycles. The van der Waals surface area contributed by atoms with Gasteiger partial charge in [0, 0.05) is 12.5 Å². The molecule has 21 heavy (non-hydrogen) atoms. The summed E-state index contributed by atoms with van der Waals surface area (Å²) in [7, 11) is 0. The second kappa shape index (κ2) is 9.48. The summed E-state index contributed by atoms with van der Waals surface area (Å²) in [4.78, 5) is 12.4. The molecule has 2 heteroatoms. The number of nitrogens with one attached hydrogen (secondary N) is 1. The van der Waals surface area contributed by atoms with Crippen molar-refractivity contribution in [1.29, 1.82) is 0 Å². The molecule has 0 spiro atoms. The molecule has 0 bridgehead atoms. The molecule has 0 heterocycles. The van der Waals surface area contributed by atoms with Gasteiger partial charge < -0.3 is 5.32 Å². The van der Waals surface area contributed by atoms with Crippen molar-refractivity contribution in [3.63, 3.8) is 0 Å². The number of carbonyl (C=O) groups is 1. The number of rotatable bonds is 8. The second-order valence-corrected chi connectivity index (χ2v) is 7.76. The molecule has 0 saturated heterocycles. The van der Waals surface area contributed by atoms with Crippen molar-refractivity contribution in [1.82, 2.24) is 5.32 Å². The Labute approximate surface area is 132 Å². The third kappa shape index (κ3) is 6.40. The number of amides is 1. The molecule has 1 rings (SSSR count). The Morgan fingerprint density at radius 2 is 1.62 bits per heavy atom. The second-order valence-electron chi connectivity index (χ2n) is 7.76. The first-order chi connectivity index (χ1) is 9.95. The maximum atomic E-state index is 12.4. The lowest BCUT2D eigenvalue weighted by Gasteiger charge is -2.29. The highest BCUT2D eigenvalue weighted by Crippen LogP contribution is 2.32. The van der Waals surface area contributed by atoms with E-state index in [9.17, 15) is 4.79 Å². The Balaban J connectivity index is 2.30. The van der Waals surface area contributed by atoms with Crippen LogP contribution in [0.4, 0.5) is 0 Å². The van der Waals surface area contributed by atoms with Gasteiger partial charge in [0.15, 0.2) is 0 Å². The van der Waals surface area contributed by atoms with Crippen molar-refractivity contribution in [3.05, 3.63) is 0 Å². The third-order valence-corrected chi connectivity index (χ3v) is 5.41. The van der Waals surface area contributed by atoms with Crippen LogP contribution in [0.5, 0.6) is 0 Å². The molecule has 1 aliphatic rings. The fraction of sp³-hybridized carbons (Fsp3) is 0.947. The number of carbonyl (C=O) groups excluding carboxylic acids is 1. The van der Waals surface area contributed by atoms with E-state index in [4.69, 9.17) is 0 Å². The van der Waals surface area contributed by atoms with E-state index in [2.05, 4.69) is 39.9 Å². The van der Waals surface area contributed by atoms with Crippen LogP contribution < -0.4 is 5.32 Å². The first-order valence-corrected chi connectivity index (χ1v) is 9.23. The molecule has 0 atom stereocenters. The van der Waals surface area contributed by atoms with Crippen LogP contribution in [0.2, 0.25) is 0 Å². The minimum absolute atomic E-state index is 0.280. The molecule has 124 valence electrons. The summed E-state index contributed by atoms with van der Waals surface area (Å²) in [6.07, 6.45) is 8.75. The molecule has 1 fully saturated rings. The Morgan fingerprint density at radius 1 is 1.05 bits per heavy atom. The van der Waals surface area contributed by atoms with Crippen LogP contribution in [0, 0.1) is 29.6 Å². The number of unbranched alkanes of at least 4 members (excludes halogenated alkanes) is 1. The van der Waals surface area contributed by atoms with Gasteiger partial charge in [-0.3, -0.25) is 4.79 Å². The van der Waals surface area contributed by atoms with Gasteiger partial charge in [0.05, 0.1) is 0 Å². The Bertz CT molecular complexity index is 282. The average Bonchev–Trinajstić information content (AvgIpc) is 2.44. The van der Waals surface area contributed by atoms with Crippen LogP contribution >= 0.6 is 0 Å². The van der Waals surface area contributed by atoms with Crippen molar-refractivity contribution in [2.75, 3.05) is 6.54 Å². The average molecular weight is 296 g/mol. The molecule has 0 radical (unpaired) electrons. The van der Waals surface area contributed by atoms with Gasteiger partial charge in [-0.15, -0.1) is 0 Å². The van der Waals surface area contributed by atoms with Gasteiger partial charge in [0.1, 0.15) is 0 Å². The molecular formula is C19H37NO. The van der Waals surface area contributed by atoms with E-state index >= 15 is 0 Å². The summed E-state index contributed by atoms with van der Waals surface area (Å²) in [6.45, 7) is 12.2. The molecule has 2 nitrogen and oxygen atoms in total. The summed E-state index contributed by atoms with van der Waals surface area (Å²) in [6, 6.07) is 0. The van der Waals surface area contributed by atoms with Gasteiger partial charge >= 0.3 is 0 Å². The van der Waals surface area contributed by atoms with E-state index in [0.717, 1.165) is 25.3 Å². The van der Waals surface area contributed by atoms with Gasteiger partial charge in [-0.1, -0.05) is 53.9 Å². The van der Waals surface area contributed by atoms with Gasteiger partial charge in [0.25, 0.3) is 0 Å². The van der Waals surface area contributed by atoms with Crippen LogP contribution in [0.3, 0.4) is 0 Å². The summed E-state index contributed by atoms with van der Waals surface area (Å²) in [5, 5.41) is 3.23. The fourth-order valence-corrected chi connectivity index (χ4v) is 3.81. The summed E-state index contributed by atoms with van der Waals surface area (Å²) in [5.74, 6) is 3.34. The quantitative estimate of drug-likeness (QED) is 0.668. The van der Waals surface area contributed by atoms with Crippen LogP contribution in [0.15, 0.2) is 0 Å². The highest BCUT2D eigenvalue weighted by atomic mass is 16.1. The minimum atomic E-state index is 0.280. The predicted molar refractivity (Wildman–Crippen MR) is 91.1 cm³/mol. The molecule has 0 aromatic rings. The van der Waals surface area contributed by atoms with E-state index in [1.165, 1.54) is 32.1 Å². The maximum absolute atomic E-state index is 12.4. The molecule has 1 aliphatic carbocycles. The van der Waals surface area contributed by atoms with E-state index in [1.807, 2.05) is 0 Å². The number of hydrogen-bond acceptors (Lipinski definition) is 1. The monoisotopic (exact) mass is 295 g/mol. The van der Waals surface area contributed by atoms with Crippen LogP contribution in [0.25, 0.3) is 0 Å². The summed E-state index contributed by atoms with van der Waals surface area (Å²) >= 11 is 0. The normalized spacial score (nSPS) is 23.0. The molecular weight excluding hydrogens is 258 g/mol. The molecule has 1 saturated carbocycles. The molecule has 0 unspecified atom stereocenters. The first kappa shape index (κ1) is 18.5. The SMILES string of the molecule is CCCCC1CCC(C(=O)NCC(C(C)C)C(C)C)CC1. The summed E-state index contributed by atoms with van der Waals surface area (Å²) in [5.41, 5.74) is 0. The smallest absolute Gasteiger partial charge is 0.223 e. The van der Waals surface area contributed by atoms with Gasteiger partial charge in [0.2, 0.25) is 5.91 Å². The molecule has 0 aromatic carbocycles. The number of hydrogen-bond donors (Lipinski definition) is 1. The Hall–Kier alpha value is -0.530. The minimum Gasteiger partial charge on any atom is -0.356 e. The van der Waals surface area contributed by atoms with Gasteiger partial charge in [-0.25, -0.2) is 0 Å². The molecule has 0 aliphatic heterocycles. The van der Waals surface area contributed by atoms with Crippen LogP contribution in [-0.2, 0) is 4.79 Å². The largest absolute Gasteiger partial charge is 0.356 e. The van der Waals surface area contributed by atoms with Crippen molar-refractivity contribution >= 4 is 5.91 Å². The standard InChI is InChI=1S/C19H37NO/c1-6-7-8-16-9-11-17(12-10-16)19(21)20-13-18(14(2)3)15(4)5/h14-18H,6-13H2,1-5H3,(H,20,21). The zero-order valence-corrected chi connectivity index (χ0v) is 15.0. The van der Waals surface area contributed by atoms with E-state index in [1.54, 1.807) is 0 Å². The van der Waals surface area contributed by atoms with Crippen molar-refractivity contribution in [2.24, 2.45) is 29.6 Å². The zero-order chi connectivity index (χ0) is 15.8. The van der Waals surface area contributed by atoms with Crippen molar-refractivity contribution in [2.45, 2.75) is 79.6 Å². The Morgan fingerprint density at radius 3 is 2.10 bits per heavy atom. The topological polar surface area (TPSA) is 29.1 Å².